The van der Waals surface area contributed by atoms with Gasteiger partial charge in [-0.25, -0.2) is 0 Å². The summed E-state index contributed by atoms with van der Waals surface area (Å²) in [4.78, 5) is 0. The monoisotopic (exact) mass is 282 g/mol. The van der Waals surface area contributed by atoms with Crippen molar-refractivity contribution in [1.29, 1.82) is 0 Å². The molecule has 1 aliphatic heterocycles. The molecule has 0 spiro atoms. The molecule has 0 bridgehead atoms. The summed E-state index contributed by atoms with van der Waals surface area (Å²) in [5, 5.41) is 7.76. The zero-order valence-electron chi connectivity index (χ0n) is 11.5. The van der Waals surface area contributed by atoms with E-state index in [-0.39, 0.29) is 0 Å². The molecule has 1 aromatic carbocycles. The first kappa shape index (κ1) is 14.5. The van der Waals surface area contributed by atoms with Crippen LogP contribution < -0.4 is 15.4 Å². The Labute approximate surface area is 120 Å². The van der Waals surface area contributed by atoms with Gasteiger partial charge in [-0.1, -0.05) is 18.5 Å². The van der Waals surface area contributed by atoms with Crippen molar-refractivity contribution in [2.45, 2.75) is 38.6 Å². The molecule has 1 saturated heterocycles. The van der Waals surface area contributed by atoms with Crippen LogP contribution in [-0.2, 0) is 0 Å². The van der Waals surface area contributed by atoms with Crippen LogP contribution in [-0.4, -0.2) is 25.7 Å². The molecule has 4 heteroatoms. The molecule has 0 aliphatic carbocycles. The normalized spacial score (nSPS) is 19.8. The van der Waals surface area contributed by atoms with Gasteiger partial charge in [0.25, 0.3) is 0 Å². The quantitative estimate of drug-likeness (QED) is 0.864. The van der Waals surface area contributed by atoms with E-state index in [1.54, 1.807) is 0 Å². The number of rotatable bonds is 5. The van der Waals surface area contributed by atoms with Crippen LogP contribution in [0.15, 0.2) is 18.2 Å². The second-order valence-corrected chi connectivity index (χ2v) is 5.45. The van der Waals surface area contributed by atoms with Crippen molar-refractivity contribution in [3.63, 3.8) is 0 Å². The minimum atomic E-state index is 0.498. The third kappa shape index (κ3) is 4.59. The Kier molecular flexibility index (Phi) is 5.80. The summed E-state index contributed by atoms with van der Waals surface area (Å²) in [6.45, 7) is 5.04. The molecule has 1 unspecified atom stereocenters. The second kappa shape index (κ2) is 7.61. The fourth-order valence-corrected chi connectivity index (χ4v) is 2.51. The van der Waals surface area contributed by atoms with Gasteiger partial charge in [-0.15, -0.1) is 0 Å². The smallest absolute Gasteiger partial charge is 0.142 e. The lowest BCUT2D eigenvalue weighted by molar-refractivity contribution is 0.318. The number of nitrogens with one attached hydrogen (secondary N) is 2. The van der Waals surface area contributed by atoms with Gasteiger partial charge in [-0.05, 0) is 57.0 Å². The van der Waals surface area contributed by atoms with Gasteiger partial charge in [0.15, 0.2) is 0 Å². The first-order valence-corrected chi connectivity index (χ1v) is 7.57. The highest BCUT2D eigenvalue weighted by atomic mass is 35.5. The highest BCUT2D eigenvalue weighted by Crippen LogP contribution is 2.29. The predicted octanol–water partition coefficient (Wildman–Crippen LogP) is 3.68. The van der Waals surface area contributed by atoms with E-state index in [1.807, 2.05) is 18.2 Å². The summed E-state index contributed by atoms with van der Waals surface area (Å²) in [7, 11) is 0. The molecule has 2 N–H and O–H groups in total. The summed E-state index contributed by atoms with van der Waals surface area (Å²) in [6, 6.07) is 6.30. The van der Waals surface area contributed by atoms with Crippen molar-refractivity contribution >= 4 is 17.3 Å². The third-order valence-electron chi connectivity index (χ3n) is 3.34. The van der Waals surface area contributed by atoms with Crippen LogP contribution in [0.5, 0.6) is 5.75 Å². The maximum Gasteiger partial charge on any atom is 0.142 e. The molecule has 2 rings (SSSR count). The van der Waals surface area contributed by atoms with E-state index < -0.39 is 0 Å². The fraction of sp³-hybridized carbons (Fsp3) is 0.600. The maximum atomic E-state index is 6.09. The molecule has 1 atom stereocenters. The van der Waals surface area contributed by atoms with Gasteiger partial charge in [-0.2, -0.15) is 0 Å². The first-order chi connectivity index (χ1) is 9.29. The number of hydrogen-bond acceptors (Lipinski definition) is 3. The Morgan fingerprint density at radius 1 is 1.37 bits per heavy atom. The van der Waals surface area contributed by atoms with Gasteiger partial charge in [0.2, 0.25) is 0 Å². The van der Waals surface area contributed by atoms with Crippen LogP contribution in [0.3, 0.4) is 0 Å². The van der Waals surface area contributed by atoms with Crippen molar-refractivity contribution in [2.75, 3.05) is 25.0 Å². The Balaban J connectivity index is 2.05. The molecule has 1 fully saturated rings. The topological polar surface area (TPSA) is 33.3 Å². The molecule has 0 radical (unpaired) electrons. The standard InChI is InChI=1S/C15H23ClN2O/c1-2-10-19-15-6-5-12(16)11-14(15)18-13-4-3-8-17-9-7-13/h5-6,11,13,17-18H,2-4,7-10H2,1H3. The average molecular weight is 283 g/mol. The average Bonchev–Trinajstić information content (AvgIpc) is 2.66. The maximum absolute atomic E-state index is 6.09. The largest absolute Gasteiger partial charge is 0.491 e. The summed E-state index contributed by atoms with van der Waals surface area (Å²) >= 11 is 6.09. The summed E-state index contributed by atoms with van der Waals surface area (Å²) in [5.41, 5.74) is 1.02. The van der Waals surface area contributed by atoms with Crippen LogP contribution in [0.2, 0.25) is 5.02 Å². The Bertz CT molecular complexity index is 390. The van der Waals surface area contributed by atoms with Crippen LogP contribution in [0, 0.1) is 0 Å². The van der Waals surface area contributed by atoms with Gasteiger partial charge in [0.1, 0.15) is 5.75 Å². The van der Waals surface area contributed by atoms with Crippen molar-refractivity contribution in [2.24, 2.45) is 0 Å². The Morgan fingerprint density at radius 2 is 2.26 bits per heavy atom. The molecule has 106 valence electrons. The van der Waals surface area contributed by atoms with Crippen LogP contribution >= 0.6 is 11.6 Å². The van der Waals surface area contributed by atoms with Gasteiger partial charge in [0.05, 0.1) is 12.3 Å². The minimum absolute atomic E-state index is 0.498. The minimum Gasteiger partial charge on any atom is -0.491 e. The number of halogens is 1. The molecule has 0 amide bonds. The van der Waals surface area contributed by atoms with Gasteiger partial charge in [0, 0.05) is 11.1 Å². The van der Waals surface area contributed by atoms with E-state index in [2.05, 4.69) is 17.6 Å². The van der Waals surface area contributed by atoms with Gasteiger partial charge < -0.3 is 15.4 Å². The Morgan fingerprint density at radius 3 is 3.11 bits per heavy atom. The molecule has 1 aliphatic rings. The first-order valence-electron chi connectivity index (χ1n) is 7.19. The van der Waals surface area contributed by atoms with Crippen molar-refractivity contribution in [3.8, 4) is 5.75 Å². The predicted molar refractivity (Wildman–Crippen MR) is 81.4 cm³/mol. The van der Waals surface area contributed by atoms with E-state index >= 15 is 0 Å². The second-order valence-electron chi connectivity index (χ2n) is 5.01. The van der Waals surface area contributed by atoms with Gasteiger partial charge in [-0.3, -0.25) is 0 Å². The molecule has 3 nitrogen and oxygen atoms in total. The number of anilines is 1. The molecule has 19 heavy (non-hydrogen) atoms. The van der Waals surface area contributed by atoms with Crippen molar-refractivity contribution in [3.05, 3.63) is 23.2 Å². The molecule has 0 saturated carbocycles. The lowest BCUT2D eigenvalue weighted by Gasteiger charge is -2.20. The third-order valence-corrected chi connectivity index (χ3v) is 3.57. The molecule has 0 aromatic heterocycles. The molecule has 1 heterocycles. The summed E-state index contributed by atoms with van der Waals surface area (Å²) < 4.78 is 5.78. The van der Waals surface area contributed by atoms with Crippen molar-refractivity contribution in [1.82, 2.24) is 5.32 Å². The SMILES string of the molecule is CCCOc1ccc(Cl)cc1NC1CCCNCC1. The van der Waals surface area contributed by atoms with E-state index in [4.69, 9.17) is 16.3 Å². The number of benzene rings is 1. The highest BCUT2D eigenvalue weighted by Gasteiger charge is 2.14. The lowest BCUT2D eigenvalue weighted by atomic mass is 10.1. The van der Waals surface area contributed by atoms with E-state index in [1.165, 1.54) is 12.8 Å². The van der Waals surface area contributed by atoms with Crippen LogP contribution in [0.1, 0.15) is 32.6 Å². The molecule has 1 aromatic rings. The molecular weight excluding hydrogens is 260 g/mol. The van der Waals surface area contributed by atoms with E-state index in [0.29, 0.717) is 6.04 Å². The molecular formula is C15H23ClN2O. The zero-order valence-corrected chi connectivity index (χ0v) is 12.3. The van der Waals surface area contributed by atoms with Crippen LogP contribution in [0.25, 0.3) is 0 Å². The fourth-order valence-electron chi connectivity index (χ4n) is 2.34. The highest BCUT2D eigenvalue weighted by molar-refractivity contribution is 6.30. The zero-order chi connectivity index (χ0) is 13.5. The summed E-state index contributed by atoms with van der Waals surface area (Å²) in [6.07, 6.45) is 4.55. The number of ether oxygens (including phenoxy) is 1. The number of hydrogen-bond donors (Lipinski definition) is 2. The van der Waals surface area contributed by atoms with Crippen molar-refractivity contribution < 1.29 is 4.74 Å². The van der Waals surface area contributed by atoms with E-state index in [9.17, 15) is 0 Å². The Hall–Kier alpha value is -0.930. The van der Waals surface area contributed by atoms with Crippen LogP contribution in [0.4, 0.5) is 5.69 Å². The van der Waals surface area contributed by atoms with Gasteiger partial charge >= 0.3 is 0 Å². The van der Waals surface area contributed by atoms with E-state index in [0.717, 1.165) is 49.0 Å². The summed E-state index contributed by atoms with van der Waals surface area (Å²) in [5.74, 6) is 0.906. The lowest BCUT2D eigenvalue weighted by Crippen LogP contribution is -2.21.